The van der Waals surface area contributed by atoms with Crippen LogP contribution in [0.2, 0.25) is 0 Å². The third kappa shape index (κ3) is 5.27. The minimum absolute atomic E-state index is 0.0740. The molecule has 1 atom stereocenters. The highest BCUT2D eigenvalue weighted by molar-refractivity contribution is 6.00. The minimum atomic E-state index is -0.0740. The Morgan fingerprint density at radius 2 is 1.95 bits per heavy atom. The molecular formula is C16H28N4O. The summed E-state index contributed by atoms with van der Waals surface area (Å²) >= 11 is 0. The lowest BCUT2D eigenvalue weighted by atomic mass is 10.1. The normalized spacial score (nSPS) is 12.2. The quantitative estimate of drug-likeness (QED) is 0.642. The van der Waals surface area contributed by atoms with Crippen LogP contribution < -0.4 is 16.4 Å². The second-order valence-electron chi connectivity index (χ2n) is 5.20. The number of benzene rings is 1. The number of carbonyl (C=O) groups is 1. The lowest BCUT2D eigenvalue weighted by Crippen LogP contribution is -2.35. The molecular weight excluding hydrogens is 264 g/mol. The topological polar surface area (TPSA) is 70.4 Å². The molecule has 1 unspecified atom stereocenters. The smallest absolute Gasteiger partial charge is 0.253 e. The molecule has 0 bridgehead atoms. The van der Waals surface area contributed by atoms with E-state index in [1.165, 1.54) is 0 Å². The number of nitrogens with zero attached hydrogens (tertiary/aromatic N) is 1. The van der Waals surface area contributed by atoms with E-state index >= 15 is 0 Å². The van der Waals surface area contributed by atoms with E-state index in [9.17, 15) is 4.79 Å². The first kappa shape index (κ1) is 17.3. The molecule has 0 aliphatic heterocycles. The molecule has 118 valence electrons. The molecule has 0 saturated carbocycles. The summed E-state index contributed by atoms with van der Waals surface area (Å²) in [6, 6.07) is 5.58. The Kier molecular flexibility index (Phi) is 7.02. The lowest BCUT2D eigenvalue weighted by Gasteiger charge is -2.25. The zero-order valence-corrected chi connectivity index (χ0v) is 13.6. The van der Waals surface area contributed by atoms with Crippen LogP contribution in [-0.4, -0.2) is 43.0 Å². The van der Waals surface area contributed by atoms with Crippen LogP contribution in [-0.2, 0) is 0 Å². The molecule has 5 heteroatoms. The Labute approximate surface area is 127 Å². The van der Waals surface area contributed by atoms with Crippen molar-refractivity contribution in [2.24, 2.45) is 0 Å². The molecule has 21 heavy (non-hydrogen) atoms. The van der Waals surface area contributed by atoms with Crippen LogP contribution >= 0.6 is 0 Å². The molecule has 4 N–H and O–H groups in total. The SMILES string of the molecule is CCNC(=O)c1ccc(N)cc1NC(C)CN(CC)CC. The van der Waals surface area contributed by atoms with Gasteiger partial charge in [-0.05, 0) is 45.1 Å². The summed E-state index contributed by atoms with van der Waals surface area (Å²) in [6.45, 7) is 11.9. The van der Waals surface area contributed by atoms with Gasteiger partial charge in [0.1, 0.15) is 0 Å². The van der Waals surface area contributed by atoms with Crippen molar-refractivity contribution in [3.05, 3.63) is 23.8 Å². The highest BCUT2D eigenvalue weighted by atomic mass is 16.1. The van der Waals surface area contributed by atoms with Crippen LogP contribution in [0.3, 0.4) is 0 Å². The van der Waals surface area contributed by atoms with Gasteiger partial charge in [0.05, 0.1) is 5.56 Å². The van der Waals surface area contributed by atoms with E-state index in [2.05, 4.69) is 36.3 Å². The zero-order chi connectivity index (χ0) is 15.8. The van der Waals surface area contributed by atoms with Crippen molar-refractivity contribution in [3.8, 4) is 0 Å². The molecule has 0 radical (unpaired) electrons. The zero-order valence-electron chi connectivity index (χ0n) is 13.6. The van der Waals surface area contributed by atoms with E-state index in [1.807, 2.05) is 13.0 Å². The number of nitrogens with one attached hydrogen (secondary N) is 2. The van der Waals surface area contributed by atoms with Crippen molar-refractivity contribution >= 4 is 17.3 Å². The van der Waals surface area contributed by atoms with E-state index < -0.39 is 0 Å². The number of nitrogens with two attached hydrogens (primary N) is 1. The molecule has 1 amide bonds. The van der Waals surface area contributed by atoms with Gasteiger partial charge in [0, 0.05) is 30.5 Å². The fourth-order valence-electron chi connectivity index (χ4n) is 2.32. The predicted octanol–water partition coefficient (Wildman–Crippen LogP) is 2.16. The first-order valence-electron chi connectivity index (χ1n) is 7.68. The van der Waals surface area contributed by atoms with Gasteiger partial charge in [0.15, 0.2) is 0 Å². The summed E-state index contributed by atoms with van der Waals surface area (Å²) in [4.78, 5) is 14.4. The number of rotatable bonds is 8. The summed E-state index contributed by atoms with van der Waals surface area (Å²) in [5.74, 6) is -0.0740. The third-order valence-electron chi connectivity index (χ3n) is 3.45. The molecule has 0 aliphatic rings. The molecule has 5 nitrogen and oxygen atoms in total. The summed E-state index contributed by atoms with van der Waals surface area (Å²) in [6.07, 6.45) is 0. The number of anilines is 2. The van der Waals surface area contributed by atoms with Crippen molar-refractivity contribution < 1.29 is 4.79 Å². The van der Waals surface area contributed by atoms with Crippen LogP contribution in [0.25, 0.3) is 0 Å². The van der Waals surface area contributed by atoms with Crippen molar-refractivity contribution in [2.45, 2.75) is 33.7 Å². The number of carbonyl (C=O) groups excluding carboxylic acids is 1. The maximum atomic E-state index is 12.1. The fraction of sp³-hybridized carbons (Fsp3) is 0.562. The first-order chi connectivity index (χ1) is 10.0. The number of likely N-dealkylation sites (N-methyl/N-ethyl adjacent to an activating group) is 1. The Bertz CT molecular complexity index is 458. The van der Waals surface area contributed by atoms with Crippen molar-refractivity contribution in [3.63, 3.8) is 0 Å². The first-order valence-corrected chi connectivity index (χ1v) is 7.68. The van der Waals surface area contributed by atoms with Crippen molar-refractivity contribution in [1.29, 1.82) is 0 Å². The van der Waals surface area contributed by atoms with Crippen LogP contribution in [0.15, 0.2) is 18.2 Å². The molecule has 1 rings (SSSR count). The second kappa shape index (κ2) is 8.52. The number of hydrogen-bond donors (Lipinski definition) is 3. The number of nitrogen functional groups attached to an aromatic ring is 1. The van der Waals surface area contributed by atoms with E-state index in [4.69, 9.17) is 5.73 Å². The molecule has 0 spiro atoms. The summed E-state index contributed by atoms with van der Waals surface area (Å²) in [5, 5.41) is 6.24. The molecule has 0 fully saturated rings. The highest BCUT2D eigenvalue weighted by Crippen LogP contribution is 2.20. The Morgan fingerprint density at radius 3 is 2.52 bits per heavy atom. The monoisotopic (exact) mass is 292 g/mol. The maximum Gasteiger partial charge on any atom is 0.253 e. The van der Waals surface area contributed by atoms with Gasteiger partial charge in [-0.25, -0.2) is 0 Å². The maximum absolute atomic E-state index is 12.1. The van der Waals surface area contributed by atoms with Gasteiger partial charge in [-0.15, -0.1) is 0 Å². The molecule has 0 aliphatic carbocycles. The summed E-state index contributed by atoms with van der Waals surface area (Å²) in [5.41, 5.74) is 7.93. The lowest BCUT2D eigenvalue weighted by molar-refractivity contribution is 0.0956. The van der Waals surface area contributed by atoms with E-state index in [1.54, 1.807) is 12.1 Å². The molecule has 0 saturated heterocycles. The third-order valence-corrected chi connectivity index (χ3v) is 3.45. The van der Waals surface area contributed by atoms with Crippen LogP contribution in [0.1, 0.15) is 38.1 Å². The van der Waals surface area contributed by atoms with Gasteiger partial charge in [0.25, 0.3) is 5.91 Å². The van der Waals surface area contributed by atoms with Gasteiger partial charge in [-0.2, -0.15) is 0 Å². The van der Waals surface area contributed by atoms with E-state index in [0.717, 1.165) is 25.3 Å². The van der Waals surface area contributed by atoms with Gasteiger partial charge < -0.3 is 21.3 Å². The Hall–Kier alpha value is -1.75. The van der Waals surface area contributed by atoms with Crippen LogP contribution in [0.5, 0.6) is 0 Å². The van der Waals surface area contributed by atoms with E-state index in [0.29, 0.717) is 17.8 Å². The fourth-order valence-corrected chi connectivity index (χ4v) is 2.32. The van der Waals surface area contributed by atoms with Crippen LogP contribution in [0.4, 0.5) is 11.4 Å². The number of hydrogen-bond acceptors (Lipinski definition) is 4. The van der Waals surface area contributed by atoms with Gasteiger partial charge >= 0.3 is 0 Å². The van der Waals surface area contributed by atoms with Gasteiger partial charge in [-0.1, -0.05) is 13.8 Å². The van der Waals surface area contributed by atoms with E-state index in [-0.39, 0.29) is 11.9 Å². The summed E-state index contributed by atoms with van der Waals surface area (Å²) in [7, 11) is 0. The largest absolute Gasteiger partial charge is 0.399 e. The predicted molar refractivity (Wildman–Crippen MR) is 89.7 cm³/mol. The van der Waals surface area contributed by atoms with Gasteiger partial charge in [0.2, 0.25) is 0 Å². The molecule has 1 aromatic rings. The molecule has 0 heterocycles. The van der Waals surface area contributed by atoms with Gasteiger partial charge in [-0.3, -0.25) is 4.79 Å². The molecule has 1 aromatic carbocycles. The van der Waals surface area contributed by atoms with Crippen LogP contribution in [0, 0.1) is 0 Å². The summed E-state index contributed by atoms with van der Waals surface area (Å²) < 4.78 is 0. The number of amides is 1. The standard InChI is InChI=1S/C16H28N4O/c1-5-18-16(21)14-9-8-13(17)10-15(14)19-12(4)11-20(6-2)7-3/h8-10,12,19H,5-7,11,17H2,1-4H3,(H,18,21). The average Bonchev–Trinajstić information content (AvgIpc) is 2.45. The Balaban J connectivity index is 2.85. The minimum Gasteiger partial charge on any atom is -0.399 e. The van der Waals surface area contributed by atoms with Crippen molar-refractivity contribution in [2.75, 3.05) is 37.2 Å². The average molecular weight is 292 g/mol. The highest BCUT2D eigenvalue weighted by Gasteiger charge is 2.14. The van der Waals surface area contributed by atoms with Crippen molar-refractivity contribution in [1.82, 2.24) is 10.2 Å². The molecule has 0 aromatic heterocycles. The Morgan fingerprint density at radius 1 is 1.29 bits per heavy atom. The second-order valence-corrected chi connectivity index (χ2v) is 5.20.